The van der Waals surface area contributed by atoms with Crippen molar-refractivity contribution in [2.24, 2.45) is 5.92 Å². The van der Waals surface area contributed by atoms with Gasteiger partial charge >= 0.3 is 12.3 Å². The standard InChI is InChI=1S/C14H13ClF3NO4/c15-7-3-4-9-8(5-7)13(14(16,17)18,23-12(22)19-9)11(21)10(20)6-1-2-6/h3-6,10-11,20-21H,1-2H2,(H,19,22)/t10?,11?,13-/m1/s1. The van der Waals surface area contributed by atoms with Crippen molar-refractivity contribution >= 4 is 23.4 Å². The SMILES string of the molecule is O=C1Nc2ccc(Cl)cc2[C@@](C(O)C(O)C2CC2)(C(F)(F)F)O1. The van der Waals surface area contributed by atoms with E-state index in [9.17, 15) is 28.2 Å². The molecule has 3 N–H and O–H groups in total. The summed E-state index contributed by atoms with van der Waals surface area (Å²) in [5.41, 5.74) is -4.09. The number of hydrogen-bond acceptors (Lipinski definition) is 4. The van der Waals surface area contributed by atoms with Crippen LogP contribution in [0.25, 0.3) is 0 Å². The average molecular weight is 352 g/mol. The minimum absolute atomic E-state index is 0.0229. The smallest absolute Gasteiger partial charge is 0.425 e. The molecule has 1 saturated carbocycles. The van der Waals surface area contributed by atoms with Crippen molar-refractivity contribution in [1.82, 2.24) is 0 Å². The van der Waals surface area contributed by atoms with Crippen LogP contribution < -0.4 is 5.32 Å². The zero-order valence-electron chi connectivity index (χ0n) is 11.6. The van der Waals surface area contributed by atoms with Gasteiger partial charge in [0.15, 0.2) is 0 Å². The van der Waals surface area contributed by atoms with Crippen molar-refractivity contribution in [2.75, 3.05) is 5.32 Å². The summed E-state index contributed by atoms with van der Waals surface area (Å²) in [7, 11) is 0. The van der Waals surface area contributed by atoms with Crippen molar-refractivity contribution in [2.45, 2.75) is 36.8 Å². The number of carbonyl (C=O) groups excluding carboxylic acids is 1. The predicted octanol–water partition coefficient (Wildman–Crippen LogP) is 2.79. The summed E-state index contributed by atoms with van der Waals surface area (Å²) in [6.45, 7) is 0. The van der Waals surface area contributed by atoms with Crippen LogP contribution in [0.1, 0.15) is 18.4 Å². The van der Waals surface area contributed by atoms with E-state index >= 15 is 0 Å². The zero-order valence-corrected chi connectivity index (χ0v) is 12.4. The van der Waals surface area contributed by atoms with E-state index in [4.69, 9.17) is 11.6 Å². The highest BCUT2D eigenvalue weighted by atomic mass is 35.5. The number of anilines is 1. The Morgan fingerprint density at radius 3 is 2.57 bits per heavy atom. The molecule has 1 fully saturated rings. The Hall–Kier alpha value is -1.51. The highest BCUT2D eigenvalue weighted by Crippen LogP contribution is 2.52. The molecule has 1 heterocycles. The van der Waals surface area contributed by atoms with Crippen LogP contribution in [0.15, 0.2) is 18.2 Å². The van der Waals surface area contributed by atoms with Crippen LogP contribution in [0.2, 0.25) is 5.02 Å². The van der Waals surface area contributed by atoms with Crippen molar-refractivity contribution in [3.05, 3.63) is 28.8 Å². The summed E-state index contributed by atoms with van der Waals surface area (Å²) in [6, 6.07) is 3.46. The normalized spacial score (nSPS) is 26.8. The maximum Gasteiger partial charge on any atom is 0.435 e. The van der Waals surface area contributed by atoms with Gasteiger partial charge < -0.3 is 14.9 Å². The summed E-state index contributed by atoms with van der Waals surface area (Å²) in [6.07, 6.45) is -9.55. The third-order valence-electron chi connectivity index (χ3n) is 4.14. The summed E-state index contributed by atoms with van der Waals surface area (Å²) in [4.78, 5) is 11.6. The predicted molar refractivity (Wildman–Crippen MR) is 74.0 cm³/mol. The van der Waals surface area contributed by atoms with E-state index < -0.39 is 41.6 Å². The number of hydrogen-bond donors (Lipinski definition) is 3. The molecule has 2 aliphatic rings. The number of rotatable bonds is 3. The fourth-order valence-electron chi connectivity index (χ4n) is 2.80. The monoisotopic (exact) mass is 351 g/mol. The first-order valence-electron chi connectivity index (χ1n) is 6.89. The van der Waals surface area contributed by atoms with Crippen LogP contribution in [0.3, 0.4) is 0 Å². The topological polar surface area (TPSA) is 78.8 Å². The van der Waals surface area contributed by atoms with Crippen molar-refractivity contribution in [3.63, 3.8) is 0 Å². The second kappa shape index (κ2) is 5.25. The van der Waals surface area contributed by atoms with Crippen molar-refractivity contribution in [1.29, 1.82) is 0 Å². The number of fused-ring (bicyclic) bond motifs is 1. The number of ether oxygens (including phenoxy) is 1. The van der Waals surface area contributed by atoms with Gasteiger partial charge in [0.2, 0.25) is 0 Å². The zero-order chi connectivity index (χ0) is 17.0. The van der Waals surface area contributed by atoms with Gasteiger partial charge in [-0.3, -0.25) is 5.32 Å². The third kappa shape index (κ3) is 2.54. The van der Waals surface area contributed by atoms with Gasteiger partial charge in [-0.05, 0) is 37.0 Å². The Labute approximate surface area is 134 Å². The highest BCUT2D eigenvalue weighted by Gasteiger charge is 2.68. The van der Waals surface area contributed by atoms with Crippen LogP contribution in [-0.2, 0) is 10.3 Å². The Bertz CT molecular complexity index is 649. The number of amides is 1. The van der Waals surface area contributed by atoms with Gasteiger partial charge in [0.05, 0.1) is 11.8 Å². The third-order valence-corrected chi connectivity index (χ3v) is 4.37. The van der Waals surface area contributed by atoms with Crippen LogP contribution in [0.5, 0.6) is 0 Å². The van der Waals surface area contributed by atoms with Gasteiger partial charge in [-0.15, -0.1) is 0 Å². The second-order valence-corrected chi connectivity index (χ2v) is 6.15. The molecule has 1 aliphatic carbocycles. The molecule has 0 bridgehead atoms. The lowest BCUT2D eigenvalue weighted by atomic mass is 9.81. The van der Waals surface area contributed by atoms with E-state index in [1.807, 2.05) is 0 Å². The Morgan fingerprint density at radius 2 is 2.00 bits per heavy atom. The summed E-state index contributed by atoms with van der Waals surface area (Å²) in [5.74, 6) is -0.458. The molecular weight excluding hydrogens is 339 g/mol. The maximum absolute atomic E-state index is 13.9. The van der Waals surface area contributed by atoms with E-state index in [0.29, 0.717) is 12.8 Å². The van der Waals surface area contributed by atoms with Crippen molar-refractivity contribution < 1.29 is 32.9 Å². The van der Waals surface area contributed by atoms with Crippen LogP contribution in [0, 0.1) is 5.92 Å². The summed E-state index contributed by atoms with van der Waals surface area (Å²) >= 11 is 5.77. The van der Waals surface area contributed by atoms with E-state index in [2.05, 4.69) is 10.1 Å². The quantitative estimate of drug-likeness (QED) is 0.782. The minimum atomic E-state index is -5.15. The molecule has 1 aromatic rings. The van der Waals surface area contributed by atoms with Gasteiger partial charge in [-0.25, -0.2) is 4.79 Å². The molecule has 3 atom stereocenters. The molecule has 23 heavy (non-hydrogen) atoms. The molecule has 1 aliphatic heterocycles. The second-order valence-electron chi connectivity index (χ2n) is 5.71. The van der Waals surface area contributed by atoms with Gasteiger partial charge in [0.1, 0.15) is 6.10 Å². The number of nitrogens with one attached hydrogen (secondary N) is 1. The number of cyclic esters (lactones) is 1. The average Bonchev–Trinajstić information content (AvgIpc) is 3.28. The number of aliphatic hydroxyl groups excluding tert-OH is 2. The molecule has 126 valence electrons. The Kier molecular flexibility index (Phi) is 3.74. The molecule has 0 saturated heterocycles. The molecule has 2 unspecified atom stereocenters. The van der Waals surface area contributed by atoms with E-state index in [-0.39, 0.29) is 10.7 Å². The maximum atomic E-state index is 13.9. The molecule has 3 rings (SSSR count). The van der Waals surface area contributed by atoms with E-state index in [0.717, 1.165) is 6.07 Å². The first kappa shape index (κ1) is 16.4. The first-order chi connectivity index (χ1) is 10.7. The summed E-state index contributed by atoms with van der Waals surface area (Å²) in [5, 5.41) is 22.4. The number of aliphatic hydroxyl groups is 2. The number of benzene rings is 1. The molecular formula is C14H13ClF3NO4. The van der Waals surface area contributed by atoms with Crippen molar-refractivity contribution in [3.8, 4) is 0 Å². The first-order valence-corrected chi connectivity index (χ1v) is 7.27. The van der Waals surface area contributed by atoms with E-state index in [1.165, 1.54) is 12.1 Å². The molecule has 0 spiro atoms. The lowest BCUT2D eigenvalue weighted by Gasteiger charge is -2.43. The Morgan fingerprint density at radius 1 is 1.35 bits per heavy atom. The number of halogens is 4. The van der Waals surface area contributed by atoms with Crippen LogP contribution >= 0.6 is 11.6 Å². The van der Waals surface area contributed by atoms with Gasteiger partial charge in [0, 0.05) is 10.6 Å². The lowest BCUT2D eigenvalue weighted by molar-refractivity contribution is -0.307. The fourth-order valence-corrected chi connectivity index (χ4v) is 2.98. The van der Waals surface area contributed by atoms with E-state index in [1.54, 1.807) is 0 Å². The Balaban J connectivity index is 2.19. The lowest BCUT2D eigenvalue weighted by Crippen LogP contribution is -2.61. The number of alkyl halides is 3. The molecule has 0 aromatic heterocycles. The molecule has 0 radical (unpaired) electrons. The van der Waals surface area contributed by atoms with Gasteiger partial charge in [-0.1, -0.05) is 11.6 Å². The fraction of sp³-hybridized carbons (Fsp3) is 0.500. The van der Waals surface area contributed by atoms with Gasteiger partial charge in [-0.2, -0.15) is 13.2 Å². The molecule has 9 heteroatoms. The van der Waals surface area contributed by atoms with Gasteiger partial charge in [0.25, 0.3) is 5.60 Å². The van der Waals surface area contributed by atoms with Crippen LogP contribution in [0.4, 0.5) is 23.7 Å². The van der Waals surface area contributed by atoms with Crippen LogP contribution in [-0.4, -0.2) is 34.7 Å². The number of carbonyl (C=O) groups is 1. The highest BCUT2D eigenvalue weighted by molar-refractivity contribution is 6.30. The molecule has 1 amide bonds. The summed E-state index contributed by atoms with van der Waals surface area (Å²) < 4.78 is 46.1. The molecule has 1 aromatic carbocycles. The molecule has 5 nitrogen and oxygen atoms in total. The largest absolute Gasteiger partial charge is 0.435 e. The minimum Gasteiger partial charge on any atom is -0.425 e.